The Labute approximate surface area is 421 Å². The fourth-order valence-corrected chi connectivity index (χ4v) is 11.2. The van der Waals surface area contributed by atoms with Gasteiger partial charge in [0.15, 0.2) is 0 Å². The van der Waals surface area contributed by atoms with Crippen LogP contribution in [0.5, 0.6) is 0 Å². The topological polar surface area (TPSA) is 0 Å². The Hall–Kier alpha value is -9.18. The van der Waals surface area contributed by atoms with E-state index in [9.17, 15) is 0 Å². The van der Waals surface area contributed by atoms with Crippen molar-refractivity contribution in [1.82, 2.24) is 8.97 Å². The van der Waals surface area contributed by atoms with Gasteiger partial charge in [-0.2, -0.15) is 8.97 Å². The normalized spacial score (nSPS) is 11.9. The highest BCUT2D eigenvalue weighted by Gasteiger charge is 2.41. The van der Waals surface area contributed by atoms with Crippen LogP contribution in [0.25, 0.3) is 65.3 Å². The molecule has 0 bridgehead atoms. The third-order valence-corrected chi connectivity index (χ3v) is 14.8. The van der Waals surface area contributed by atoms with E-state index in [1.165, 1.54) is 99.5 Å². The molecule has 0 aliphatic heterocycles. The maximum atomic E-state index is 2.37. The molecule has 0 N–H and O–H groups in total. The number of hydrogen-bond acceptors (Lipinski definition) is 0. The maximum Gasteiger partial charge on any atom is 0.148 e. The van der Waals surface area contributed by atoms with Crippen molar-refractivity contribution in [3.63, 3.8) is 0 Å². The van der Waals surface area contributed by atoms with Gasteiger partial charge in [0.2, 0.25) is 0 Å². The van der Waals surface area contributed by atoms with Crippen molar-refractivity contribution in [3.05, 3.63) is 303 Å². The van der Waals surface area contributed by atoms with E-state index in [1.54, 1.807) is 0 Å². The minimum absolute atomic E-state index is 0.428. The van der Waals surface area contributed by atoms with Crippen LogP contribution in [-0.2, 0) is 0 Å². The highest BCUT2D eigenvalue weighted by Crippen LogP contribution is 2.54. The lowest BCUT2D eigenvalue weighted by atomic mass is 9.97. The second kappa shape index (κ2) is 18.0. The molecule has 2 heteroatoms. The number of hydrogen-bond donors (Lipinski definition) is 0. The van der Waals surface area contributed by atoms with Crippen LogP contribution in [0.1, 0.15) is 0 Å². The quantitative estimate of drug-likeness (QED) is 0.120. The molecule has 338 valence electrons. The number of rotatable bonds is 10. The van der Waals surface area contributed by atoms with Crippen LogP contribution in [0, 0.1) is 0 Å². The van der Waals surface area contributed by atoms with Crippen molar-refractivity contribution in [2.75, 3.05) is 0 Å². The van der Waals surface area contributed by atoms with Crippen molar-refractivity contribution in [2.45, 2.75) is 0 Å². The van der Waals surface area contributed by atoms with Crippen molar-refractivity contribution in [1.29, 1.82) is 0 Å². The lowest BCUT2D eigenvalue weighted by Gasteiger charge is -2.37. The molecule has 13 aromatic carbocycles. The smallest absolute Gasteiger partial charge is 0.148 e. The monoisotopic (exact) mass is 918 g/mol. The van der Waals surface area contributed by atoms with Gasteiger partial charge in [-0.3, -0.25) is 0 Å². The fraction of sp³-hybridized carbons (Fsp3) is 0. The summed E-state index contributed by atoms with van der Waals surface area (Å²) in [5, 5.41) is 9.75. The van der Waals surface area contributed by atoms with Gasteiger partial charge in [-0.1, -0.05) is 158 Å². The first kappa shape index (κ1) is 42.9. The van der Waals surface area contributed by atoms with Gasteiger partial charge in [0.1, 0.15) is 45.5 Å². The van der Waals surface area contributed by atoms with E-state index in [2.05, 4.69) is 303 Å². The van der Waals surface area contributed by atoms with Gasteiger partial charge in [0.25, 0.3) is 0 Å². The average Bonchev–Trinajstić information content (AvgIpc) is 3.46. The van der Waals surface area contributed by atoms with Gasteiger partial charge in [0.05, 0.1) is 0 Å². The molecule has 0 saturated carbocycles. The Morgan fingerprint density at radius 2 is 0.333 bits per heavy atom. The molecular formula is C70H50N2+2. The van der Waals surface area contributed by atoms with Crippen LogP contribution in [0.4, 0.5) is 45.5 Å². The second-order valence-electron chi connectivity index (χ2n) is 18.8. The zero-order chi connectivity index (χ0) is 47.9. The van der Waals surface area contributed by atoms with Gasteiger partial charge in [-0.25, -0.2) is 0 Å². The molecule has 72 heavy (non-hydrogen) atoms. The molecule has 0 aromatic heterocycles. The SMILES string of the molecule is c1ccc([N+](c2ccc(-c3ccc(-c4ccc([N+](c5ccccc5)(c5ccc6ccccc6c5)c5ccc6ccccc6c5)cc4)cc3)cc2)(c2ccc3ccccc3c2)c2ccc3ccccc3c2)cc1. The van der Waals surface area contributed by atoms with Gasteiger partial charge < -0.3 is 0 Å². The van der Waals surface area contributed by atoms with Gasteiger partial charge >= 0.3 is 0 Å². The van der Waals surface area contributed by atoms with E-state index >= 15 is 0 Å². The van der Waals surface area contributed by atoms with E-state index in [0.717, 1.165) is 11.4 Å². The highest BCUT2D eigenvalue weighted by molar-refractivity contribution is 5.96. The standard InChI is InChI=1S/C70H50N2/c1-3-23-63(24-4-1)71(67-43-35-51-15-7-11-19-59(51)47-67,68-44-36-52-16-8-12-20-60(52)48-68)65-39-31-57(32-40-65)55-27-29-56(30-28-55)58-33-41-66(42-34-58)72(64-25-5-2-6-26-64,69-45-37-53-17-9-13-21-61(53)49-69)70-46-38-54-18-10-14-22-62(54)50-70/h1-50H/q+2. The Morgan fingerprint density at radius 1 is 0.139 bits per heavy atom. The van der Waals surface area contributed by atoms with E-state index < -0.39 is 0 Å². The third-order valence-electron chi connectivity index (χ3n) is 14.8. The predicted octanol–water partition coefficient (Wildman–Crippen LogP) is 20.2. The number of nitrogens with zero attached hydrogens (tertiary/aromatic N) is 2. The zero-order valence-electron chi connectivity index (χ0n) is 39.8. The zero-order valence-corrected chi connectivity index (χ0v) is 39.8. The lowest BCUT2D eigenvalue weighted by Crippen LogP contribution is -2.33. The molecule has 13 aromatic rings. The van der Waals surface area contributed by atoms with Crippen LogP contribution in [0.3, 0.4) is 0 Å². The van der Waals surface area contributed by atoms with Crippen LogP contribution in [0.15, 0.2) is 303 Å². The summed E-state index contributed by atoms with van der Waals surface area (Å²) < 4.78 is 0.857. The maximum absolute atomic E-state index is 2.37. The van der Waals surface area contributed by atoms with Crippen molar-refractivity contribution in [2.24, 2.45) is 0 Å². The first-order chi connectivity index (χ1) is 35.6. The summed E-state index contributed by atoms with van der Waals surface area (Å²) in [5.74, 6) is 0. The Morgan fingerprint density at radius 3 is 0.597 bits per heavy atom. The molecule has 2 nitrogen and oxygen atoms in total. The summed E-state index contributed by atoms with van der Waals surface area (Å²) in [6.45, 7) is 0. The third kappa shape index (κ3) is 7.29. The molecule has 0 saturated heterocycles. The molecule has 0 fully saturated rings. The first-order valence-corrected chi connectivity index (χ1v) is 24.8. The largest absolute Gasteiger partial charge is 0.194 e. The van der Waals surface area contributed by atoms with Gasteiger partial charge in [-0.05, 0) is 114 Å². The fourth-order valence-electron chi connectivity index (χ4n) is 11.2. The van der Waals surface area contributed by atoms with Crippen LogP contribution >= 0.6 is 0 Å². The summed E-state index contributed by atoms with van der Waals surface area (Å²) in [6.07, 6.45) is 0. The van der Waals surface area contributed by atoms with Crippen LogP contribution < -0.4 is 8.97 Å². The molecule has 0 radical (unpaired) electrons. The van der Waals surface area contributed by atoms with Crippen LogP contribution in [0.2, 0.25) is 0 Å². The summed E-state index contributed by atoms with van der Waals surface area (Å²) in [4.78, 5) is 0. The molecule has 0 heterocycles. The molecule has 13 rings (SSSR count). The van der Waals surface area contributed by atoms with Crippen LogP contribution in [-0.4, -0.2) is 0 Å². The minimum atomic E-state index is 0.428. The Bertz CT molecular complexity index is 3640. The Balaban J connectivity index is 0.890. The van der Waals surface area contributed by atoms with E-state index in [0.29, 0.717) is 8.97 Å². The molecule has 0 atom stereocenters. The van der Waals surface area contributed by atoms with E-state index in [-0.39, 0.29) is 0 Å². The number of fused-ring (bicyclic) bond motifs is 4. The molecule has 0 spiro atoms. The Kier molecular flexibility index (Phi) is 10.7. The molecular weight excluding hydrogens is 869 g/mol. The van der Waals surface area contributed by atoms with Crippen molar-refractivity contribution >= 4 is 88.6 Å². The molecule has 0 aliphatic carbocycles. The minimum Gasteiger partial charge on any atom is -0.194 e. The number of benzene rings is 13. The summed E-state index contributed by atoms with van der Waals surface area (Å²) in [5.41, 5.74) is 14.0. The van der Waals surface area contributed by atoms with E-state index in [1.807, 2.05) is 0 Å². The summed E-state index contributed by atoms with van der Waals surface area (Å²) in [6, 6.07) is 112. The molecule has 0 aliphatic rings. The number of para-hydroxylation sites is 2. The predicted molar refractivity (Wildman–Crippen MR) is 308 cm³/mol. The van der Waals surface area contributed by atoms with Gasteiger partial charge in [0, 0.05) is 97.1 Å². The summed E-state index contributed by atoms with van der Waals surface area (Å²) >= 11 is 0. The van der Waals surface area contributed by atoms with Crippen molar-refractivity contribution < 1.29 is 0 Å². The average molecular weight is 919 g/mol. The van der Waals surface area contributed by atoms with Crippen molar-refractivity contribution in [3.8, 4) is 22.3 Å². The van der Waals surface area contributed by atoms with E-state index in [4.69, 9.17) is 0 Å². The lowest BCUT2D eigenvalue weighted by molar-refractivity contribution is 0.706. The molecule has 0 unspecified atom stereocenters. The molecule has 0 amide bonds. The number of quaternary nitrogens is 2. The second-order valence-corrected chi connectivity index (χ2v) is 18.8. The van der Waals surface area contributed by atoms with Gasteiger partial charge in [-0.15, -0.1) is 0 Å². The first-order valence-electron chi connectivity index (χ1n) is 24.8. The highest BCUT2D eigenvalue weighted by atomic mass is 15.4. The summed E-state index contributed by atoms with van der Waals surface area (Å²) in [7, 11) is 0.